The van der Waals surface area contributed by atoms with Gasteiger partial charge in [0, 0.05) is 12.1 Å². The van der Waals surface area contributed by atoms with Gasteiger partial charge in [0.15, 0.2) is 0 Å². The van der Waals surface area contributed by atoms with Crippen LogP contribution in [0, 0.1) is 16.0 Å². The Balaban J connectivity index is 2.81. The third-order valence-corrected chi connectivity index (χ3v) is 4.19. The number of rotatable bonds is 8. The van der Waals surface area contributed by atoms with Crippen LogP contribution in [0.4, 0.5) is 5.69 Å². The van der Waals surface area contributed by atoms with Crippen molar-refractivity contribution in [1.29, 1.82) is 0 Å². The molecule has 1 aromatic rings. The lowest BCUT2D eigenvalue weighted by molar-refractivity contribution is -0.384. The average Bonchev–Trinajstić information content (AvgIpc) is 2.37. The first-order chi connectivity index (χ1) is 10.1. The molecule has 9 heteroatoms. The molecular formula is C13H18N2O6S. The molecule has 22 heavy (non-hydrogen) atoms. The molecular weight excluding hydrogens is 312 g/mol. The molecule has 0 saturated heterocycles. The third kappa shape index (κ3) is 5.78. The Bertz CT molecular complexity index is 639. The van der Waals surface area contributed by atoms with Crippen molar-refractivity contribution in [2.75, 3.05) is 0 Å². The van der Waals surface area contributed by atoms with Gasteiger partial charge in [-0.15, -0.1) is 0 Å². The van der Waals surface area contributed by atoms with Crippen molar-refractivity contribution in [3.05, 3.63) is 39.9 Å². The smallest absolute Gasteiger partial charge is 0.321 e. The molecule has 0 unspecified atom stereocenters. The van der Waals surface area contributed by atoms with Gasteiger partial charge in [-0.3, -0.25) is 14.9 Å². The predicted octanol–water partition coefficient (Wildman–Crippen LogP) is 1.51. The minimum absolute atomic E-state index is 0.0168. The molecule has 122 valence electrons. The highest BCUT2D eigenvalue weighted by molar-refractivity contribution is 7.88. The van der Waals surface area contributed by atoms with Gasteiger partial charge in [0.2, 0.25) is 10.0 Å². The van der Waals surface area contributed by atoms with E-state index >= 15 is 0 Å². The maximum absolute atomic E-state index is 12.0. The van der Waals surface area contributed by atoms with E-state index in [1.54, 1.807) is 13.8 Å². The standard InChI is InChI=1S/C13H18N2O6S/c1-9(2)7-12(13(16)17)14-22(20,21)8-10-3-5-11(6-4-10)15(18)19/h3-6,9,12,14H,7-8H2,1-2H3,(H,16,17)/t12-/m1/s1. The van der Waals surface area contributed by atoms with E-state index in [-0.39, 0.29) is 18.0 Å². The molecule has 0 bridgehead atoms. The van der Waals surface area contributed by atoms with Crippen LogP contribution in [0.15, 0.2) is 24.3 Å². The van der Waals surface area contributed by atoms with Gasteiger partial charge in [0.1, 0.15) is 6.04 Å². The second-order valence-corrected chi connectivity index (χ2v) is 7.07. The molecule has 0 fully saturated rings. The molecule has 0 aliphatic carbocycles. The maximum Gasteiger partial charge on any atom is 0.321 e. The molecule has 0 radical (unpaired) electrons. The minimum atomic E-state index is -3.86. The Labute approximate surface area is 128 Å². The van der Waals surface area contributed by atoms with Crippen LogP contribution >= 0.6 is 0 Å². The number of sulfonamides is 1. The van der Waals surface area contributed by atoms with Gasteiger partial charge in [-0.2, -0.15) is 0 Å². The number of non-ortho nitro benzene ring substituents is 1. The normalized spacial score (nSPS) is 13.0. The van der Waals surface area contributed by atoms with Gasteiger partial charge in [-0.1, -0.05) is 26.0 Å². The highest BCUT2D eigenvalue weighted by Crippen LogP contribution is 2.14. The summed E-state index contributed by atoms with van der Waals surface area (Å²) in [6.07, 6.45) is 0.175. The van der Waals surface area contributed by atoms with Crippen LogP contribution in [0.25, 0.3) is 0 Å². The van der Waals surface area contributed by atoms with Crippen LogP contribution in [0.3, 0.4) is 0 Å². The zero-order valence-electron chi connectivity index (χ0n) is 12.2. The van der Waals surface area contributed by atoms with E-state index < -0.39 is 32.7 Å². The molecule has 0 aliphatic heterocycles. The van der Waals surface area contributed by atoms with Crippen LogP contribution in [0.2, 0.25) is 0 Å². The summed E-state index contributed by atoms with van der Waals surface area (Å²) in [5.41, 5.74) is 0.198. The number of nitrogens with zero attached hydrogens (tertiary/aromatic N) is 1. The molecule has 0 amide bonds. The second kappa shape index (κ2) is 7.32. The number of carbonyl (C=O) groups is 1. The number of aliphatic carboxylic acids is 1. The lowest BCUT2D eigenvalue weighted by Gasteiger charge is -2.16. The first-order valence-electron chi connectivity index (χ1n) is 6.57. The fourth-order valence-electron chi connectivity index (χ4n) is 1.86. The molecule has 0 spiro atoms. The average molecular weight is 330 g/mol. The van der Waals surface area contributed by atoms with Crippen LogP contribution < -0.4 is 4.72 Å². The lowest BCUT2D eigenvalue weighted by atomic mass is 10.1. The van der Waals surface area contributed by atoms with Crippen molar-refractivity contribution in [3.63, 3.8) is 0 Å². The van der Waals surface area contributed by atoms with Gasteiger partial charge in [0.05, 0.1) is 10.7 Å². The Morgan fingerprint density at radius 1 is 1.32 bits per heavy atom. The van der Waals surface area contributed by atoms with E-state index in [9.17, 15) is 23.3 Å². The molecule has 2 N–H and O–H groups in total. The molecule has 8 nitrogen and oxygen atoms in total. The van der Waals surface area contributed by atoms with Crippen molar-refractivity contribution >= 4 is 21.7 Å². The Hall–Kier alpha value is -2.00. The van der Waals surface area contributed by atoms with Gasteiger partial charge in [-0.05, 0) is 17.9 Å². The number of benzene rings is 1. The van der Waals surface area contributed by atoms with Crippen molar-refractivity contribution in [2.45, 2.75) is 32.1 Å². The van der Waals surface area contributed by atoms with Crippen LogP contribution in [0.5, 0.6) is 0 Å². The second-order valence-electron chi connectivity index (χ2n) is 5.32. The van der Waals surface area contributed by atoms with E-state index in [4.69, 9.17) is 5.11 Å². The molecule has 0 aromatic heterocycles. The topological polar surface area (TPSA) is 127 Å². The Kier molecular flexibility index (Phi) is 6.01. The zero-order chi connectivity index (χ0) is 16.9. The lowest BCUT2D eigenvalue weighted by Crippen LogP contribution is -2.42. The fraction of sp³-hybridized carbons (Fsp3) is 0.462. The van der Waals surface area contributed by atoms with Gasteiger partial charge in [-0.25, -0.2) is 13.1 Å². The summed E-state index contributed by atoms with van der Waals surface area (Å²) in [6.45, 7) is 3.58. The van der Waals surface area contributed by atoms with Crippen molar-refractivity contribution in [2.24, 2.45) is 5.92 Å². The number of nitro benzene ring substituents is 1. The minimum Gasteiger partial charge on any atom is -0.480 e. The predicted molar refractivity (Wildman–Crippen MR) is 79.7 cm³/mol. The molecule has 1 atom stereocenters. The number of hydrogen-bond acceptors (Lipinski definition) is 5. The largest absolute Gasteiger partial charge is 0.480 e. The van der Waals surface area contributed by atoms with Crippen LogP contribution in [-0.4, -0.2) is 30.5 Å². The first-order valence-corrected chi connectivity index (χ1v) is 8.22. The van der Waals surface area contributed by atoms with E-state index in [1.807, 2.05) is 0 Å². The summed E-state index contributed by atoms with van der Waals surface area (Å²) in [7, 11) is -3.86. The van der Waals surface area contributed by atoms with Gasteiger partial charge in [0.25, 0.3) is 5.69 Å². The van der Waals surface area contributed by atoms with E-state index in [0.29, 0.717) is 5.56 Å². The quantitative estimate of drug-likeness (QED) is 0.549. The van der Waals surface area contributed by atoms with E-state index in [1.165, 1.54) is 24.3 Å². The SMILES string of the molecule is CC(C)C[C@@H](NS(=O)(=O)Cc1ccc([N+](=O)[O-])cc1)C(=O)O. The summed E-state index contributed by atoms with van der Waals surface area (Å²) in [4.78, 5) is 21.0. The Morgan fingerprint density at radius 2 is 1.86 bits per heavy atom. The number of hydrogen-bond donors (Lipinski definition) is 2. The first kappa shape index (κ1) is 18.1. The zero-order valence-corrected chi connectivity index (χ0v) is 13.0. The van der Waals surface area contributed by atoms with Crippen molar-refractivity contribution in [3.8, 4) is 0 Å². The molecule has 0 heterocycles. The number of nitrogens with one attached hydrogen (secondary N) is 1. The summed E-state index contributed by atoms with van der Waals surface area (Å²) in [5.74, 6) is -1.66. The summed E-state index contributed by atoms with van der Waals surface area (Å²) < 4.78 is 26.2. The molecule has 1 rings (SSSR count). The molecule has 0 saturated carbocycles. The van der Waals surface area contributed by atoms with E-state index in [0.717, 1.165) is 0 Å². The van der Waals surface area contributed by atoms with Gasteiger partial charge >= 0.3 is 5.97 Å². The summed E-state index contributed by atoms with van der Waals surface area (Å²) in [5, 5.41) is 19.6. The fourth-order valence-corrected chi connectivity index (χ4v) is 3.21. The third-order valence-electron chi connectivity index (χ3n) is 2.83. The number of nitro groups is 1. The number of carboxylic acid groups (broad SMARTS) is 1. The molecule has 1 aromatic carbocycles. The van der Waals surface area contributed by atoms with Crippen molar-refractivity contribution in [1.82, 2.24) is 4.72 Å². The van der Waals surface area contributed by atoms with Gasteiger partial charge < -0.3 is 5.11 Å². The monoisotopic (exact) mass is 330 g/mol. The van der Waals surface area contributed by atoms with Crippen LogP contribution in [-0.2, 0) is 20.6 Å². The van der Waals surface area contributed by atoms with E-state index in [2.05, 4.69) is 4.72 Å². The number of carboxylic acids is 1. The molecule has 0 aliphatic rings. The maximum atomic E-state index is 12.0. The summed E-state index contributed by atoms with van der Waals surface area (Å²) >= 11 is 0. The Morgan fingerprint density at radius 3 is 2.27 bits per heavy atom. The van der Waals surface area contributed by atoms with Crippen molar-refractivity contribution < 1.29 is 23.2 Å². The van der Waals surface area contributed by atoms with Crippen LogP contribution in [0.1, 0.15) is 25.8 Å². The summed E-state index contributed by atoms with van der Waals surface area (Å²) in [6, 6.07) is 3.87. The highest BCUT2D eigenvalue weighted by atomic mass is 32.2. The highest BCUT2D eigenvalue weighted by Gasteiger charge is 2.25.